The van der Waals surface area contributed by atoms with Crippen molar-refractivity contribution in [2.75, 3.05) is 5.32 Å². The molecule has 2 rings (SSSR count). The molecule has 2 aromatic carbocycles. The van der Waals surface area contributed by atoms with Crippen LogP contribution in [0.3, 0.4) is 0 Å². The van der Waals surface area contributed by atoms with E-state index in [9.17, 15) is 4.39 Å². The normalized spacial score (nSPS) is 12.2. The zero-order chi connectivity index (χ0) is 13.8. The van der Waals surface area contributed by atoms with E-state index < -0.39 is 0 Å². The molecule has 1 atom stereocenters. The van der Waals surface area contributed by atoms with Gasteiger partial charge in [-0.2, -0.15) is 0 Å². The number of rotatable bonds is 4. The second-order valence-electron chi connectivity index (χ2n) is 5.20. The summed E-state index contributed by atoms with van der Waals surface area (Å²) in [6.07, 6.45) is 0.811. The van der Waals surface area contributed by atoms with Crippen LogP contribution in [-0.2, 0) is 6.42 Å². The van der Waals surface area contributed by atoms with E-state index in [2.05, 4.69) is 44.3 Å². The van der Waals surface area contributed by atoms with Crippen molar-refractivity contribution < 1.29 is 4.39 Å². The summed E-state index contributed by atoms with van der Waals surface area (Å²) in [5, 5.41) is 3.50. The third-order valence-electron chi connectivity index (χ3n) is 3.23. The maximum Gasteiger partial charge on any atom is 0.123 e. The number of nitrogens with one attached hydrogen (secondary N) is 1. The molecule has 1 nitrogen and oxygen atoms in total. The van der Waals surface area contributed by atoms with Gasteiger partial charge in [0.2, 0.25) is 0 Å². The summed E-state index contributed by atoms with van der Waals surface area (Å²) in [4.78, 5) is 0. The van der Waals surface area contributed by atoms with Gasteiger partial charge in [-0.3, -0.25) is 0 Å². The molecule has 1 N–H and O–H groups in total. The van der Waals surface area contributed by atoms with Crippen molar-refractivity contribution in [3.8, 4) is 0 Å². The van der Waals surface area contributed by atoms with E-state index in [1.807, 2.05) is 6.07 Å². The highest BCUT2D eigenvalue weighted by atomic mass is 19.1. The van der Waals surface area contributed by atoms with Crippen molar-refractivity contribution in [3.63, 3.8) is 0 Å². The van der Waals surface area contributed by atoms with Crippen LogP contribution in [0.1, 0.15) is 23.6 Å². The van der Waals surface area contributed by atoms with Gasteiger partial charge in [-0.1, -0.05) is 24.3 Å². The molecule has 0 saturated carbocycles. The Morgan fingerprint density at radius 1 is 1.11 bits per heavy atom. The molecule has 0 aliphatic carbocycles. The maximum absolute atomic E-state index is 13.1. The number of halogens is 1. The first-order valence-corrected chi connectivity index (χ1v) is 6.63. The van der Waals surface area contributed by atoms with E-state index in [4.69, 9.17) is 0 Å². The third kappa shape index (κ3) is 3.82. The standard InChI is InChI=1S/C17H20FN/c1-12-7-8-13(2)17(9-12)19-14(3)10-15-5-4-6-16(18)11-15/h4-9,11,14,19H,10H2,1-3H3. The lowest BCUT2D eigenvalue weighted by Crippen LogP contribution is -2.18. The fraction of sp³-hybridized carbons (Fsp3) is 0.294. The van der Waals surface area contributed by atoms with Crippen LogP contribution in [0, 0.1) is 19.7 Å². The Bertz CT molecular complexity index is 563. The average molecular weight is 257 g/mol. The number of aryl methyl sites for hydroxylation is 2. The topological polar surface area (TPSA) is 12.0 Å². The molecule has 0 saturated heterocycles. The van der Waals surface area contributed by atoms with Gasteiger partial charge in [0.15, 0.2) is 0 Å². The van der Waals surface area contributed by atoms with Gasteiger partial charge in [0, 0.05) is 11.7 Å². The monoisotopic (exact) mass is 257 g/mol. The second-order valence-corrected chi connectivity index (χ2v) is 5.20. The summed E-state index contributed by atoms with van der Waals surface area (Å²) in [7, 11) is 0. The first-order chi connectivity index (χ1) is 9.04. The SMILES string of the molecule is Cc1ccc(C)c(NC(C)Cc2cccc(F)c2)c1. The molecular weight excluding hydrogens is 237 g/mol. The minimum absolute atomic E-state index is 0.170. The third-order valence-corrected chi connectivity index (χ3v) is 3.23. The van der Waals surface area contributed by atoms with Gasteiger partial charge < -0.3 is 5.32 Å². The quantitative estimate of drug-likeness (QED) is 0.851. The van der Waals surface area contributed by atoms with Crippen LogP contribution in [0.25, 0.3) is 0 Å². The summed E-state index contributed by atoms with van der Waals surface area (Å²) in [6, 6.07) is 13.4. The Hall–Kier alpha value is -1.83. The molecule has 0 aliphatic heterocycles. The predicted molar refractivity (Wildman–Crippen MR) is 79.1 cm³/mol. The zero-order valence-corrected chi connectivity index (χ0v) is 11.7. The molecule has 100 valence electrons. The molecule has 0 bridgehead atoms. The highest BCUT2D eigenvalue weighted by molar-refractivity contribution is 5.53. The minimum Gasteiger partial charge on any atom is -0.382 e. The largest absolute Gasteiger partial charge is 0.382 e. The lowest BCUT2D eigenvalue weighted by atomic mass is 10.1. The molecule has 0 fully saturated rings. The van der Waals surface area contributed by atoms with Crippen molar-refractivity contribution in [3.05, 3.63) is 65.0 Å². The Kier molecular flexibility index (Phi) is 4.20. The number of benzene rings is 2. The van der Waals surface area contributed by atoms with Gasteiger partial charge in [-0.15, -0.1) is 0 Å². The second kappa shape index (κ2) is 5.87. The van der Waals surface area contributed by atoms with Crippen LogP contribution >= 0.6 is 0 Å². The molecule has 0 amide bonds. The summed E-state index contributed by atoms with van der Waals surface area (Å²) in [5.41, 5.74) is 4.65. The molecular formula is C17H20FN. The minimum atomic E-state index is -0.170. The first kappa shape index (κ1) is 13.6. The molecule has 1 unspecified atom stereocenters. The number of hydrogen-bond acceptors (Lipinski definition) is 1. The Balaban J connectivity index is 2.05. The van der Waals surface area contributed by atoms with Gasteiger partial charge in [0.25, 0.3) is 0 Å². The van der Waals surface area contributed by atoms with Gasteiger partial charge in [-0.25, -0.2) is 4.39 Å². The van der Waals surface area contributed by atoms with Gasteiger partial charge in [0.1, 0.15) is 5.82 Å². The molecule has 2 heteroatoms. The Morgan fingerprint density at radius 2 is 1.89 bits per heavy atom. The van der Waals surface area contributed by atoms with Crippen LogP contribution < -0.4 is 5.32 Å². The molecule has 2 aromatic rings. The van der Waals surface area contributed by atoms with Gasteiger partial charge in [0.05, 0.1) is 0 Å². The maximum atomic E-state index is 13.1. The Morgan fingerprint density at radius 3 is 2.63 bits per heavy atom. The number of hydrogen-bond donors (Lipinski definition) is 1. The number of anilines is 1. The van der Waals surface area contributed by atoms with Crippen molar-refractivity contribution >= 4 is 5.69 Å². The smallest absolute Gasteiger partial charge is 0.123 e. The summed E-state index contributed by atoms with van der Waals surface area (Å²) >= 11 is 0. The van der Waals surface area contributed by atoms with E-state index in [0.717, 1.165) is 17.7 Å². The lowest BCUT2D eigenvalue weighted by molar-refractivity contribution is 0.624. The van der Waals surface area contributed by atoms with Crippen molar-refractivity contribution in [1.29, 1.82) is 0 Å². The van der Waals surface area contributed by atoms with E-state index in [-0.39, 0.29) is 11.9 Å². The first-order valence-electron chi connectivity index (χ1n) is 6.63. The highest BCUT2D eigenvalue weighted by Gasteiger charge is 2.06. The molecule has 0 aromatic heterocycles. The lowest BCUT2D eigenvalue weighted by Gasteiger charge is -2.17. The molecule has 0 spiro atoms. The summed E-state index contributed by atoms with van der Waals surface area (Å²) in [5.74, 6) is -0.170. The van der Waals surface area contributed by atoms with E-state index in [1.54, 1.807) is 12.1 Å². The summed E-state index contributed by atoms with van der Waals surface area (Å²) < 4.78 is 13.1. The van der Waals surface area contributed by atoms with Crippen molar-refractivity contribution in [2.24, 2.45) is 0 Å². The molecule has 19 heavy (non-hydrogen) atoms. The highest BCUT2D eigenvalue weighted by Crippen LogP contribution is 2.18. The fourth-order valence-corrected chi connectivity index (χ4v) is 2.23. The van der Waals surface area contributed by atoms with Gasteiger partial charge >= 0.3 is 0 Å². The average Bonchev–Trinajstić information content (AvgIpc) is 2.34. The molecule has 0 aliphatic rings. The van der Waals surface area contributed by atoms with E-state index in [0.29, 0.717) is 0 Å². The fourth-order valence-electron chi connectivity index (χ4n) is 2.23. The summed E-state index contributed by atoms with van der Waals surface area (Å²) in [6.45, 7) is 6.30. The van der Waals surface area contributed by atoms with Crippen LogP contribution in [0.15, 0.2) is 42.5 Å². The van der Waals surface area contributed by atoms with Crippen LogP contribution in [0.4, 0.5) is 10.1 Å². The zero-order valence-electron chi connectivity index (χ0n) is 11.7. The van der Waals surface area contributed by atoms with Crippen LogP contribution in [-0.4, -0.2) is 6.04 Å². The van der Waals surface area contributed by atoms with Crippen LogP contribution in [0.2, 0.25) is 0 Å². The van der Waals surface area contributed by atoms with Crippen LogP contribution in [0.5, 0.6) is 0 Å². The molecule has 0 radical (unpaired) electrons. The van der Waals surface area contributed by atoms with E-state index in [1.165, 1.54) is 17.2 Å². The predicted octanol–water partition coefficient (Wildman–Crippen LogP) is 4.49. The molecule has 0 heterocycles. The van der Waals surface area contributed by atoms with Gasteiger partial charge in [-0.05, 0) is 62.1 Å². The van der Waals surface area contributed by atoms with E-state index >= 15 is 0 Å². The van der Waals surface area contributed by atoms with Crippen molar-refractivity contribution in [2.45, 2.75) is 33.2 Å². The van der Waals surface area contributed by atoms with Crippen molar-refractivity contribution in [1.82, 2.24) is 0 Å². The Labute approximate surface area is 114 Å².